The third kappa shape index (κ3) is 2.96. The first-order chi connectivity index (χ1) is 10.0. The van der Waals surface area contributed by atoms with Crippen LogP contribution < -0.4 is 5.32 Å². The Labute approximate surface area is 134 Å². The summed E-state index contributed by atoms with van der Waals surface area (Å²) >= 11 is 4.78. The van der Waals surface area contributed by atoms with E-state index in [9.17, 15) is 4.79 Å². The van der Waals surface area contributed by atoms with Crippen LogP contribution in [0.5, 0.6) is 0 Å². The highest BCUT2D eigenvalue weighted by Gasteiger charge is 2.12. The third-order valence-electron chi connectivity index (χ3n) is 3.02. The molecule has 0 fully saturated rings. The molecule has 4 nitrogen and oxygen atoms in total. The van der Waals surface area contributed by atoms with Crippen LogP contribution in [0.25, 0.3) is 10.2 Å². The molecular formula is C15H12BrN3OS. The molecule has 0 unspecified atom stereocenters. The summed E-state index contributed by atoms with van der Waals surface area (Å²) in [6.07, 6.45) is 3.17. The second kappa shape index (κ2) is 5.54. The molecule has 0 atom stereocenters. The molecule has 0 saturated carbocycles. The number of aromatic nitrogens is 2. The molecule has 0 aliphatic heterocycles. The number of benzene rings is 1. The molecule has 0 saturated heterocycles. The monoisotopic (exact) mass is 361 g/mol. The van der Waals surface area contributed by atoms with Crippen LogP contribution in [0.15, 0.2) is 35.1 Å². The average molecular weight is 362 g/mol. The first-order valence-electron chi connectivity index (χ1n) is 6.32. The SMILES string of the molecule is Cc1cc(C)c2nc(NC(=O)c3cncc(Br)c3)sc2c1. The Kier molecular flexibility index (Phi) is 3.73. The number of carbonyl (C=O) groups excluding carboxylic acids is 1. The second-order valence-corrected chi connectivity index (χ2v) is 6.74. The highest BCUT2D eigenvalue weighted by atomic mass is 79.9. The largest absolute Gasteiger partial charge is 0.298 e. The summed E-state index contributed by atoms with van der Waals surface area (Å²) < 4.78 is 1.85. The Morgan fingerprint density at radius 2 is 2.05 bits per heavy atom. The Morgan fingerprint density at radius 3 is 2.81 bits per heavy atom. The number of fused-ring (bicyclic) bond motifs is 1. The van der Waals surface area contributed by atoms with Gasteiger partial charge in [-0.1, -0.05) is 17.4 Å². The summed E-state index contributed by atoms with van der Waals surface area (Å²) in [5.74, 6) is -0.211. The van der Waals surface area contributed by atoms with Crippen molar-refractivity contribution in [3.63, 3.8) is 0 Å². The normalized spacial score (nSPS) is 10.8. The third-order valence-corrected chi connectivity index (χ3v) is 4.37. The van der Waals surface area contributed by atoms with Gasteiger partial charge in [0, 0.05) is 16.9 Å². The molecular weight excluding hydrogens is 350 g/mol. The Bertz CT molecular complexity index is 844. The van der Waals surface area contributed by atoms with Crippen molar-refractivity contribution in [1.29, 1.82) is 0 Å². The summed E-state index contributed by atoms with van der Waals surface area (Å²) in [5.41, 5.74) is 3.74. The summed E-state index contributed by atoms with van der Waals surface area (Å²) in [7, 11) is 0. The lowest BCUT2D eigenvalue weighted by Crippen LogP contribution is -2.11. The topological polar surface area (TPSA) is 54.9 Å². The van der Waals surface area contributed by atoms with E-state index in [0.717, 1.165) is 20.3 Å². The number of carbonyl (C=O) groups is 1. The van der Waals surface area contributed by atoms with Crippen LogP contribution in [0, 0.1) is 13.8 Å². The van der Waals surface area contributed by atoms with Crippen molar-refractivity contribution < 1.29 is 4.79 Å². The number of aryl methyl sites for hydroxylation is 2. The van der Waals surface area contributed by atoms with E-state index in [-0.39, 0.29) is 5.91 Å². The number of nitrogens with zero attached hydrogens (tertiary/aromatic N) is 2. The summed E-state index contributed by atoms with van der Waals surface area (Å²) in [6.45, 7) is 4.08. The van der Waals surface area contributed by atoms with Gasteiger partial charge in [0.15, 0.2) is 5.13 Å². The maximum atomic E-state index is 12.2. The van der Waals surface area contributed by atoms with E-state index in [1.165, 1.54) is 23.1 Å². The van der Waals surface area contributed by atoms with Gasteiger partial charge >= 0.3 is 0 Å². The first-order valence-corrected chi connectivity index (χ1v) is 7.93. The number of halogens is 1. The van der Waals surface area contributed by atoms with Gasteiger partial charge in [0.05, 0.1) is 15.8 Å². The fourth-order valence-corrected chi connectivity index (χ4v) is 3.53. The van der Waals surface area contributed by atoms with Crippen LogP contribution in [0.4, 0.5) is 5.13 Å². The molecule has 6 heteroatoms. The van der Waals surface area contributed by atoms with E-state index >= 15 is 0 Å². The van der Waals surface area contributed by atoms with E-state index in [0.29, 0.717) is 10.7 Å². The number of hydrogen-bond donors (Lipinski definition) is 1. The minimum absolute atomic E-state index is 0.211. The van der Waals surface area contributed by atoms with Crippen LogP contribution >= 0.6 is 27.3 Å². The number of rotatable bonds is 2. The quantitative estimate of drug-likeness (QED) is 0.739. The molecule has 1 aromatic carbocycles. The number of hydrogen-bond acceptors (Lipinski definition) is 4. The van der Waals surface area contributed by atoms with Crippen LogP contribution in [0.3, 0.4) is 0 Å². The smallest absolute Gasteiger partial charge is 0.259 e. The zero-order chi connectivity index (χ0) is 15.0. The van der Waals surface area contributed by atoms with Gasteiger partial charge in [-0.3, -0.25) is 15.1 Å². The summed E-state index contributed by atoms with van der Waals surface area (Å²) in [4.78, 5) is 20.7. The molecule has 0 aliphatic carbocycles. The highest BCUT2D eigenvalue weighted by Crippen LogP contribution is 2.29. The van der Waals surface area contributed by atoms with Crippen molar-refractivity contribution in [1.82, 2.24) is 9.97 Å². The lowest BCUT2D eigenvalue weighted by Gasteiger charge is -2.01. The van der Waals surface area contributed by atoms with Gasteiger partial charge < -0.3 is 0 Å². The van der Waals surface area contributed by atoms with Crippen molar-refractivity contribution >= 4 is 48.5 Å². The number of amides is 1. The first kappa shape index (κ1) is 14.2. The fourth-order valence-electron chi connectivity index (χ4n) is 2.13. The highest BCUT2D eigenvalue weighted by molar-refractivity contribution is 9.10. The van der Waals surface area contributed by atoms with Crippen LogP contribution in [0.2, 0.25) is 0 Å². The molecule has 1 amide bonds. The van der Waals surface area contributed by atoms with Gasteiger partial charge in [-0.15, -0.1) is 0 Å². The van der Waals surface area contributed by atoms with Crippen molar-refractivity contribution in [3.8, 4) is 0 Å². The molecule has 0 aliphatic rings. The average Bonchev–Trinajstić information content (AvgIpc) is 2.81. The van der Waals surface area contributed by atoms with E-state index in [2.05, 4.69) is 50.3 Å². The maximum absolute atomic E-state index is 12.2. The molecule has 0 spiro atoms. The van der Waals surface area contributed by atoms with Crippen molar-refractivity contribution in [2.45, 2.75) is 13.8 Å². The van der Waals surface area contributed by atoms with E-state index in [1.54, 1.807) is 12.3 Å². The Hall–Kier alpha value is -1.79. The maximum Gasteiger partial charge on any atom is 0.259 e. The lowest BCUT2D eigenvalue weighted by molar-refractivity contribution is 0.102. The van der Waals surface area contributed by atoms with Gasteiger partial charge in [-0.2, -0.15) is 0 Å². The molecule has 2 heterocycles. The molecule has 2 aromatic heterocycles. The van der Waals surface area contributed by atoms with Gasteiger partial charge in [0.1, 0.15) is 0 Å². The number of pyridine rings is 1. The Balaban J connectivity index is 1.91. The van der Waals surface area contributed by atoms with Gasteiger partial charge in [0.2, 0.25) is 0 Å². The van der Waals surface area contributed by atoms with Crippen LogP contribution in [0.1, 0.15) is 21.5 Å². The molecule has 0 radical (unpaired) electrons. The van der Waals surface area contributed by atoms with Crippen molar-refractivity contribution in [3.05, 3.63) is 51.8 Å². The predicted molar refractivity (Wildman–Crippen MR) is 89.0 cm³/mol. The molecule has 21 heavy (non-hydrogen) atoms. The second-order valence-electron chi connectivity index (χ2n) is 4.79. The fraction of sp³-hybridized carbons (Fsp3) is 0.133. The molecule has 106 valence electrons. The molecule has 0 bridgehead atoms. The van der Waals surface area contributed by atoms with E-state index in [1.807, 2.05) is 6.92 Å². The van der Waals surface area contributed by atoms with Gasteiger partial charge in [-0.05, 0) is 53.0 Å². The molecule has 3 aromatic rings. The number of nitrogens with one attached hydrogen (secondary N) is 1. The molecule has 1 N–H and O–H groups in total. The number of anilines is 1. The number of thiazole rings is 1. The van der Waals surface area contributed by atoms with E-state index < -0.39 is 0 Å². The lowest BCUT2D eigenvalue weighted by atomic mass is 10.1. The predicted octanol–water partition coefficient (Wildman–Crippen LogP) is 4.32. The van der Waals surface area contributed by atoms with Crippen LogP contribution in [-0.2, 0) is 0 Å². The Morgan fingerprint density at radius 1 is 1.24 bits per heavy atom. The minimum Gasteiger partial charge on any atom is -0.298 e. The van der Waals surface area contributed by atoms with Gasteiger partial charge in [-0.25, -0.2) is 4.98 Å². The summed E-state index contributed by atoms with van der Waals surface area (Å²) in [5, 5.41) is 3.43. The molecule has 3 rings (SSSR count). The standard InChI is InChI=1S/C15H12BrN3OS/c1-8-3-9(2)13-12(4-8)21-15(18-13)19-14(20)10-5-11(16)7-17-6-10/h3-7H,1-2H3,(H,18,19,20). The van der Waals surface area contributed by atoms with Crippen molar-refractivity contribution in [2.75, 3.05) is 5.32 Å². The van der Waals surface area contributed by atoms with Crippen LogP contribution in [-0.4, -0.2) is 15.9 Å². The zero-order valence-electron chi connectivity index (χ0n) is 11.5. The minimum atomic E-state index is -0.211. The van der Waals surface area contributed by atoms with Gasteiger partial charge in [0.25, 0.3) is 5.91 Å². The summed E-state index contributed by atoms with van der Waals surface area (Å²) in [6, 6.07) is 5.90. The zero-order valence-corrected chi connectivity index (χ0v) is 13.9. The van der Waals surface area contributed by atoms with Crippen molar-refractivity contribution in [2.24, 2.45) is 0 Å². The van der Waals surface area contributed by atoms with E-state index in [4.69, 9.17) is 0 Å².